The van der Waals surface area contributed by atoms with E-state index >= 15 is 0 Å². The number of nitriles is 1. The van der Waals surface area contributed by atoms with Crippen LogP contribution in [0, 0.1) is 28.9 Å². The van der Waals surface area contributed by atoms with Crippen LogP contribution in [-0.2, 0) is 6.42 Å². The fourth-order valence-electron chi connectivity index (χ4n) is 1.81. The number of aliphatic hydroxyl groups excluding tert-OH is 1. The zero-order chi connectivity index (χ0) is 17.8. The molecular formula is C17H23F2NO2Si. The first-order valence-corrected chi connectivity index (χ1v) is 8.76. The molecule has 1 N–H and O–H groups in total. The Balaban J connectivity index is 3.30. The molecule has 0 aliphatic carbocycles. The lowest BCUT2D eigenvalue weighted by Gasteiger charge is -2.29. The van der Waals surface area contributed by atoms with Gasteiger partial charge in [-0.3, -0.25) is 0 Å². The highest BCUT2D eigenvalue weighted by molar-refractivity contribution is 6.33. The highest BCUT2D eigenvalue weighted by Gasteiger charge is 2.27. The first kappa shape index (κ1) is 19.3. The summed E-state index contributed by atoms with van der Waals surface area (Å²) in [5.41, 5.74) is -0.299. The molecule has 0 saturated carbocycles. The van der Waals surface area contributed by atoms with Gasteiger partial charge in [-0.2, -0.15) is 5.26 Å². The fraction of sp³-hybridized carbons (Fsp3) is 0.471. The van der Waals surface area contributed by atoms with Gasteiger partial charge in [0.15, 0.2) is 0 Å². The Hall–Kier alpha value is -1.71. The summed E-state index contributed by atoms with van der Waals surface area (Å²) in [6.07, 6.45) is 0.146. The maximum atomic E-state index is 14.1. The van der Waals surface area contributed by atoms with Gasteiger partial charge in [0.2, 0.25) is 9.76 Å². The molecular weight excluding hydrogens is 316 g/mol. The minimum atomic E-state index is -1.22. The molecule has 0 bridgehead atoms. The summed E-state index contributed by atoms with van der Waals surface area (Å²) in [6, 6.07) is 2.39. The third-order valence-corrected chi connectivity index (χ3v) is 6.22. The zero-order valence-electron chi connectivity index (χ0n) is 14.0. The lowest BCUT2D eigenvalue weighted by Crippen LogP contribution is -2.25. The monoisotopic (exact) mass is 339 g/mol. The Kier molecular flexibility index (Phi) is 6.48. The Labute approximate surface area is 138 Å². The van der Waals surface area contributed by atoms with Gasteiger partial charge in [-0.1, -0.05) is 33.8 Å². The van der Waals surface area contributed by atoms with E-state index in [1.165, 1.54) is 6.08 Å². The molecule has 23 heavy (non-hydrogen) atoms. The van der Waals surface area contributed by atoms with Gasteiger partial charge in [0, 0.05) is 18.1 Å². The molecule has 0 saturated heterocycles. The number of hydrogen-bond acceptors (Lipinski definition) is 3. The predicted molar refractivity (Wildman–Crippen MR) is 89.0 cm³/mol. The van der Waals surface area contributed by atoms with Gasteiger partial charge in [-0.15, -0.1) is 6.58 Å². The second-order valence-electron chi connectivity index (χ2n) is 6.57. The van der Waals surface area contributed by atoms with Crippen molar-refractivity contribution in [3.63, 3.8) is 0 Å². The van der Waals surface area contributed by atoms with E-state index in [9.17, 15) is 19.1 Å². The molecule has 0 aliphatic heterocycles. The summed E-state index contributed by atoms with van der Waals surface area (Å²) in [5, 5.41) is 18.8. The van der Waals surface area contributed by atoms with Crippen LogP contribution in [0.1, 0.15) is 38.8 Å². The summed E-state index contributed by atoms with van der Waals surface area (Å²) in [7, 11) is -1.22. The van der Waals surface area contributed by atoms with Crippen LogP contribution in [-0.4, -0.2) is 21.0 Å². The van der Waals surface area contributed by atoms with Crippen molar-refractivity contribution in [2.75, 3.05) is 0 Å². The van der Waals surface area contributed by atoms with Crippen molar-refractivity contribution in [3.8, 4) is 11.8 Å². The molecule has 0 amide bonds. The van der Waals surface area contributed by atoms with Crippen LogP contribution >= 0.6 is 0 Å². The Morgan fingerprint density at radius 2 is 2.04 bits per heavy atom. The summed E-state index contributed by atoms with van der Waals surface area (Å²) in [5.74, 6) is -1.52. The van der Waals surface area contributed by atoms with E-state index in [-0.39, 0.29) is 28.3 Å². The second kappa shape index (κ2) is 7.71. The van der Waals surface area contributed by atoms with Crippen LogP contribution in [0.2, 0.25) is 5.04 Å². The van der Waals surface area contributed by atoms with E-state index in [0.717, 1.165) is 0 Å². The average Bonchev–Trinajstić information content (AvgIpc) is 2.47. The summed E-state index contributed by atoms with van der Waals surface area (Å²) in [6.45, 7) is 11.6. The molecule has 0 radical (unpaired) electrons. The van der Waals surface area contributed by atoms with Gasteiger partial charge in [-0.05, 0) is 11.0 Å². The third-order valence-electron chi connectivity index (χ3n) is 4.23. The molecule has 1 rings (SSSR count). The maximum absolute atomic E-state index is 14.1. The lowest BCUT2D eigenvalue weighted by molar-refractivity contribution is 0.221. The first-order chi connectivity index (χ1) is 10.6. The van der Waals surface area contributed by atoms with Crippen LogP contribution < -0.4 is 4.43 Å². The van der Waals surface area contributed by atoms with Gasteiger partial charge in [-0.25, -0.2) is 8.78 Å². The summed E-state index contributed by atoms with van der Waals surface area (Å²) in [4.78, 5) is 0. The van der Waals surface area contributed by atoms with Crippen LogP contribution in [0.4, 0.5) is 8.78 Å². The molecule has 0 heterocycles. The van der Waals surface area contributed by atoms with Gasteiger partial charge < -0.3 is 9.53 Å². The second-order valence-corrected chi connectivity index (χ2v) is 8.97. The van der Waals surface area contributed by atoms with Gasteiger partial charge in [0.25, 0.3) is 0 Å². The lowest BCUT2D eigenvalue weighted by atomic mass is 9.99. The van der Waals surface area contributed by atoms with Crippen LogP contribution in [0.25, 0.3) is 0 Å². The van der Waals surface area contributed by atoms with E-state index in [1.807, 2.05) is 13.8 Å². The fourth-order valence-corrected chi connectivity index (χ4v) is 2.98. The standard InChI is InChI=1S/C17H23F2NO2Si/c1-6-11(21)7-12-14(18)8-15(19)13(9-20)16(12)22-23-17(4,5)10(2)3/h6,8,10-11,21H,1,7,23H2,2-5H3. The molecule has 0 aliphatic rings. The molecule has 1 unspecified atom stereocenters. The van der Waals surface area contributed by atoms with Crippen molar-refractivity contribution in [2.24, 2.45) is 5.92 Å². The molecule has 0 fully saturated rings. The van der Waals surface area contributed by atoms with Gasteiger partial charge in [0.1, 0.15) is 29.0 Å². The average molecular weight is 339 g/mol. The van der Waals surface area contributed by atoms with Crippen molar-refractivity contribution >= 4 is 9.76 Å². The van der Waals surface area contributed by atoms with Crippen molar-refractivity contribution in [2.45, 2.75) is 45.3 Å². The molecule has 1 aromatic carbocycles. The Morgan fingerprint density at radius 1 is 1.43 bits per heavy atom. The number of hydrogen-bond donors (Lipinski definition) is 1. The summed E-state index contributed by atoms with van der Waals surface area (Å²) >= 11 is 0. The number of halogens is 2. The van der Waals surface area contributed by atoms with Crippen LogP contribution in [0.3, 0.4) is 0 Å². The van der Waals surface area contributed by atoms with Crippen molar-refractivity contribution in [1.29, 1.82) is 5.26 Å². The number of benzene rings is 1. The number of nitrogens with zero attached hydrogens (tertiary/aromatic N) is 1. The Morgan fingerprint density at radius 3 is 2.52 bits per heavy atom. The summed E-state index contributed by atoms with van der Waals surface area (Å²) < 4.78 is 33.8. The van der Waals surface area contributed by atoms with E-state index in [1.54, 1.807) is 6.07 Å². The van der Waals surface area contributed by atoms with Crippen LogP contribution in [0.5, 0.6) is 5.75 Å². The third kappa shape index (κ3) is 4.63. The van der Waals surface area contributed by atoms with E-state index < -0.39 is 27.5 Å². The predicted octanol–water partition coefficient (Wildman–Crippen LogP) is 3.24. The van der Waals surface area contributed by atoms with E-state index in [2.05, 4.69) is 20.4 Å². The molecule has 1 aromatic rings. The number of rotatable bonds is 7. The first-order valence-electron chi connectivity index (χ1n) is 7.48. The topological polar surface area (TPSA) is 53.2 Å². The van der Waals surface area contributed by atoms with E-state index in [4.69, 9.17) is 4.43 Å². The molecule has 0 aromatic heterocycles. The normalized spacial score (nSPS) is 13.3. The highest BCUT2D eigenvalue weighted by atomic mass is 28.2. The quantitative estimate of drug-likeness (QED) is 0.613. The van der Waals surface area contributed by atoms with Crippen molar-refractivity contribution in [3.05, 3.63) is 41.5 Å². The molecule has 6 heteroatoms. The molecule has 0 spiro atoms. The number of aliphatic hydroxyl groups is 1. The molecule has 126 valence electrons. The van der Waals surface area contributed by atoms with Crippen molar-refractivity contribution < 1.29 is 18.3 Å². The minimum absolute atomic E-state index is 0.0161. The smallest absolute Gasteiger partial charge is 0.225 e. The van der Waals surface area contributed by atoms with Gasteiger partial charge >= 0.3 is 0 Å². The maximum Gasteiger partial charge on any atom is 0.225 e. The molecule has 3 nitrogen and oxygen atoms in total. The molecule has 1 atom stereocenters. The van der Waals surface area contributed by atoms with Crippen LogP contribution in [0.15, 0.2) is 18.7 Å². The van der Waals surface area contributed by atoms with Gasteiger partial charge in [0.05, 0.1) is 6.10 Å². The zero-order valence-corrected chi connectivity index (χ0v) is 15.4. The van der Waals surface area contributed by atoms with Crippen molar-refractivity contribution in [1.82, 2.24) is 0 Å². The SMILES string of the molecule is C=CC(O)Cc1c(F)cc(F)c(C#N)c1O[SiH2]C(C)(C)C(C)C. The Bertz CT molecular complexity index is 624. The minimum Gasteiger partial charge on any atom is -0.548 e. The largest absolute Gasteiger partial charge is 0.548 e. The van der Waals surface area contributed by atoms with E-state index in [0.29, 0.717) is 12.0 Å². The highest BCUT2D eigenvalue weighted by Crippen LogP contribution is 2.36.